The first kappa shape index (κ1) is 19.6. The fraction of sp³-hybridized carbons (Fsp3) is 0.167. The van der Waals surface area contributed by atoms with Crippen molar-refractivity contribution in [1.29, 1.82) is 0 Å². The molecule has 140 valence electrons. The zero-order chi connectivity index (χ0) is 19.1. The van der Waals surface area contributed by atoms with Crippen LogP contribution in [0.2, 0.25) is 5.02 Å². The molecule has 1 aromatic heterocycles. The third-order valence-electron chi connectivity index (χ3n) is 3.47. The smallest absolute Gasteiger partial charge is 0.221 e. The van der Waals surface area contributed by atoms with Crippen molar-refractivity contribution in [3.8, 4) is 0 Å². The van der Waals surface area contributed by atoms with Gasteiger partial charge in [0, 0.05) is 29.4 Å². The van der Waals surface area contributed by atoms with Gasteiger partial charge in [0.05, 0.1) is 0 Å². The maximum atomic E-state index is 13.2. The van der Waals surface area contributed by atoms with Gasteiger partial charge in [-0.15, -0.1) is 10.2 Å². The summed E-state index contributed by atoms with van der Waals surface area (Å²) in [6.45, 7) is 0.406. The van der Waals surface area contributed by atoms with Gasteiger partial charge < -0.3 is 10.6 Å². The Bertz CT molecular complexity index is 922. The number of nitrogens with one attached hydrogen (secondary N) is 2. The predicted octanol–water partition coefficient (Wildman–Crippen LogP) is 4.87. The second-order valence-corrected chi connectivity index (χ2v) is 8.20. The lowest BCUT2D eigenvalue weighted by Crippen LogP contribution is -2.23. The van der Waals surface area contributed by atoms with Crippen LogP contribution in [0.3, 0.4) is 0 Å². The van der Waals surface area contributed by atoms with Gasteiger partial charge in [0.2, 0.25) is 11.0 Å². The molecule has 0 aliphatic rings. The molecule has 0 radical (unpaired) electrons. The molecule has 3 rings (SSSR count). The van der Waals surface area contributed by atoms with Crippen LogP contribution in [0.4, 0.5) is 15.2 Å². The molecule has 0 aliphatic carbocycles. The van der Waals surface area contributed by atoms with Crippen molar-refractivity contribution in [1.82, 2.24) is 15.5 Å². The van der Waals surface area contributed by atoms with E-state index in [0.29, 0.717) is 34.6 Å². The largest absolute Gasteiger partial charge is 0.352 e. The van der Waals surface area contributed by atoms with Crippen LogP contribution < -0.4 is 10.6 Å². The number of benzene rings is 2. The van der Waals surface area contributed by atoms with Crippen LogP contribution in [0.1, 0.15) is 12.0 Å². The summed E-state index contributed by atoms with van der Waals surface area (Å²) in [6.07, 6.45) is 0.362. The summed E-state index contributed by atoms with van der Waals surface area (Å²) in [5.74, 6) is 0.218. The number of carbonyl (C=O) groups is 1. The van der Waals surface area contributed by atoms with E-state index in [-0.39, 0.29) is 11.7 Å². The molecule has 0 bridgehead atoms. The Balaban J connectivity index is 1.41. The molecule has 27 heavy (non-hydrogen) atoms. The number of carbonyl (C=O) groups excluding carboxylic acids is 1. The van der Waals surface area contributed by atoms with E-state index in [0.717, 1.165) is 9.90 Å². The molecule has 0 saturated heterocycles. The predicted molar refractivity (Wildman–Crippen MR) is 108 cm³/mol. The van der Waals surface area contributed by atoms with E-state index >= 15 is 0 Å². The lowest BCUT2D eigenvalue weighted by Gasteiger charge is -2.06. The van der Waals surface area contributed by atoms with Gasteiger partial charge in [0.1, 0.15) is 5.82 Å². The lowest BCUT2D eigenvalue weighted by atomic mass is 10.2. The normalized spacial score (nSPS) is 10.6. The van der Waals surface area contributed by atoms with Crippen molar-refractivity contribution in [2.24, 2.45) is 0 Å². The monoisotopic (exact) mass is 422 g/mol. The van der Waals surface area contributed by atoms with Gasteiger partial charge in [-0.2, -0.15) is 0 Å². The van der Waals surface area contributed by atoms with Gasteiger partial charge >= 0.3 is 0 Å². The molecule has 3 aromatic rings. The van der Waals surface area contributed by atoms with Crippen LogP contribution in [0.5, 0.6) is 0 Å². The average molecular weight is 423 g/mol. The standard InChI is InChI=1S/C18H16ClFN4OS2/c19-15-7-2-1-4-12(15)11-21-16(25)8-9-26-18-24-23-17(27-18)22-14-6-3-5-13(20)10-14/h1-7,10H,8-9,11H2,(H,21,25)(H,22,23). The molecule has 0 unspecified atom stereocenters. The van der Waals surface area contributed by atoms with Crippen LogP contribution in [-0.4, -0.2) is 21.9 Å². The van der Waals surface area contributed by atoms with Crippen molar-refractivity contribution in [2.75, 3.05) is 11.1 Å². The Kier molecular flexibility index (Phi) is 7.03. The number of halogens is 2. The molecular weight excluding hydrogens is 407 g/mol. The number of hydrogen-bond donors (Lipinski definition) is 2. The summed E-state index contributed by atoms with van der Waals surface area (Å²) >= 11 is 8.87. The first-order valence-corrected chi connectivity index (χ1v) is 10.3. The maximum Gasteiger partial charge on any atom is 0.221 e. The van der Waals surface area contributed by atoms with Crippen LogP contribution in [-0.2, 0) is 11.3 Å². The molecule has 0 atom stereocenters. The van der Waals surface area contributed by atoms with E-state index in [2.05, 4.69) is 20.8 Å². The number of rotatable bonds is 8. The van der Waals surface area contributed by atoms with Gasteiger partial charge in [-0.25, -0.2) is 4.39 Å². The van der Waals surface area contributed by atoms with Crippen LogP contribution >= 0.6 is 34.7 Å². The number of hydrogen-bond acceptors (Lipinski definition) is 6. The SMILES string of the molecule is O=C(CCSc1nnc(Nc2cccc(F)c2)s1)NCc1ccccc1Cl. The van der Waals surface area contributed by atoms with Crippen LogP contribution in [0.15, 0.2) is 52.9 Å². The summed E-state index contributed by atoms with van der Waals surface area (Å²) < 4.78 is 13.9. The lowest BCUT2D eigenvalue weighted by molar-refractivity contribution is -0.120. The Labute approximate surface area is 169 Å². The van der Waals surface area contributed by atoms with Gasteiger partial charge in [-0.1, -0.05) is 59.0 Å². The van der Waals surface area contributed by atoms with Gasteiger partial charge in [-0.3, -0.25) is 4.79 Å². The molecule has 2 aromatic carbocycles. The molecule has 0 saturated carbocycles. The van der Waals surface area contributed by atoms with E-state index in [1.165, 1.54) is 35.2 Å². The minimum atomic E-state index is -0.318. The van der Waals surface area contributed by atoms with E-state index in [4.69, 9.17) is 11.6 Å². The first-order valence-electron chi connectivity index (χ1n) is 8.09. The first-order chi connectivity index (χ1) is 13.1. The number of amides is 1. The molecular formula is C18H16ClFN4OS2. The summed E-state index contributed by atoms with van der Waals surface area (Å²) in [7, 11) is 0. The zero-order valence-electron chi connectivity index (χ0n) is 14.1. The number of aromatic nitrogens is 2. The summed E-state index contributed by atoms with van der Waals surface area (Å²) in [6, 6.07) is 13.5. The summed E-state index contributed by atoms with van der Waals surface area (Å²) in [5.41, 5.74) is 1.50. The molecule has 2 N–H and O–H groups in total. The number of nitrogens with zero attached hydrogens (tertiary/aromatic N) is 2. The van der Waals surface area contributed by atoms with E-state index in [1.54, 1.807) is 18.2 Å². The van der Waals surface area contributed by atoms with Crippen molar-refractivity contribution < 1.29 is 9.18 Å². The van der Waals surface area contributed by atoms with Crippen LogP contribution in [0.25, 0.3) is 0 Å². The van der Waals surface area contributed by atoms with E-state index in [1.807, 2.05) is 18.2 Å². The molecule has 1 heterocycles. The summed E-state index contributed by atoms with van der Waals surface area (Å²) in [4.78, 5) is 11.9. The molecule has 0 aliphatic heterocycles. The second kappa shape index (κ2) is 9.68. The Morgan fingerprint density at radius 3 is 2.85 bits per heavy atom. The molecule has 9 heteroatoms. The number of thioether (sulfide) groups is 1. The Hall–Kier alpha value is -2.16. The highest BCUT2D eigenvalue weighted by Crippen LogP contribution is 2.28. The fourth-order valence-electron chi connectivity index (χ4n) is 2.16. The molecule has 5 nitrogen and oxygen atoms in total. The minimum Gasteiger partial charge on any atom is -0.352 e. The molecule has 1 amide bonds. The minimum absolute atomic E-state index is 0.0509. The van der Waals surface area contributed by atoms with Crippen molar-refractivity contribution >= 4 is 51.4 Å². The molecule has 0 fully saturated rings. The maximum absolute atomic E-state index is 13.2. The van der Waals surface area contributed by atoms with Gasteiger partial charge in [-0.05, 0) is 29.8 Å². The number of anilines is 2. The van der Waals surface area contributed by atoms with Crippen molar-refractivity contribution in [3.63, 3.8) is 0 Å². The zero-order valence-corrected chi connectivity index (χ0v) is 16.5. The topological polar surface area (TPSA) is 66.9 Å². The molecule has 0 spiro atoms. The van der Waals surface area contributed by atoms with E-state index < -0.39 is 0 Å². The third-order valence-corrected chi connectivity index (χ3v) is 5.81. The van der Waals surface area contributed by atoms with Crippen LogP contribution in [0, 0.1) is 5.82 Å². The Morgan fingerprint density at radius 1 is 1.19 bits per heavy atom. The van der Waals surface area contributed by atoms with E-state index in [9.17, 15) is 9.18 Å². The van der Waals surface area contributed by atoms with Gasteiger partial charge in [0.15, 0.2) is 4.34 Å². The highest BCUT2D eigenvalue weighted by molar-refractivity contribution is 8.01. The van der Waals surface area contributed by atoms with Crippen molar-refractivity contribution in [3.05, 3.63) is 64.9 Å². The quantitative estimate of drug-likeness (QED) is 0.507. The average Bonchev–Trinajstić information content (AvgIpc) is 3.08. The Morgan fingerprint density at radius 2 is 2.04 bits per heavy atom. The van der Waals surface area contributed by atoms with Gasteiger partial charge in [0.25, 0.3) is 0 Å². The highest BCUT2D eigenvalue weighted by Gasteiger charge is 2.08. The third kappa shape index (κ3) is 6.20. The fourth-order valence-corrected chi connectivity index (χ4v) is 4.15. The van der Waals surface area contributed by atoms with Crippen molar-refractivity contribution in [2.45, 2.75) is 17.3 Å². The highest BCUT2D eigenvalue weighted by atomic mass is 35.5. The summed E-state index contributed by atoms with van der Waals surface area (Å²) in [5, 5.41) is 15.2. The second-order valence-electron chi connectivity index (χ2n) is 5.48.